The lowest BCUT2D eigenvalue weighted by Crippen LogP contribution is -2.40. The standard InChI is InChI=1S/C14H21ClN2O/c15-12-4-5-14(18)11(9-12)10-17-8-2-1-3-13(17)6-7-16/h4-5,9,13,18H,1-3,6-8,10,16H2. The van der Waals surface area contributed by atoms with E-state index in [2.05, 4.69) is 4.90 Å². The van der Waals surface area contributed by atoms with Crippen LogP contribution in [0.15, 0.2) is 18.2 Å². The minimum Gasteiger partial charge on any atom is -0.508 e. The van der Waals surface area contributed by atoms with Crippen LogP contribution in [0.4, 0.5) is 0 Å². The Labute approximate surface area is 114 Å². The summed E-state index contributed by atoms with van der Waals surface area (Å²) in [7, 11) is 0. The zero-order valence-corrected chi connectivity index (χ0v) is 11.4. The number of likely N-dealkylation sites (tertiary alicyclic amines) is 1. The average molecular weight is 269 g/mol. The number of phenols is 1. The Morgan fingerprint density at radius 3 is 3.00 bits per heavy atom. The molecule has 1 aromatic rings. The summed E-state index contributed by atoms with van der Waals surface area (Å²) in [6, 6.07) is 5.78. The number of benzene rings is 1. The zero-order valence-electron chi connectivity index (χ0n) is 10.6. The molecule has 1 aliphatic heterocycles. The van der Waals surface area contributed by atoms with Crippen LogP contribution >= 0.6 is 11.6 Å². The predicted octanol–water partition coefficient (Wildman–Crippen LogP) is 2.75. The van der Waals surface area contributed by atoms with Gasteiger partial charge in [-0.1, -0.05) is 18.0 Å². The summed E-state index contributed by atoms with van der Waals surface area (Å²) in [5.41, 5.74) is 6.58. The number of hydrogen-bond donors (Lipinski definition) is 2. The van der Waals surface area contributed by atoms with Crippen LogP contribution in [0, 0.1) is 0 Å². The van der Waals surface area contributed by atoms with E-state index in [4.69, 9.17) is 17.3 Å². The van der Waals surface area contributed by atoms with Gasteiger partial charge in [-0.2, -0.15) is 0 Å². The van der Waals surface area contributed by atoms with Crippen LogP contribution in [0.1, 0.15) is 31.2 Å². The maximum absolute atomic E-state index is 9.87. The second kappa shape index (κ2) is 6.41. The molecule has 0 aromatic heterocycles. The van der Waals surface area contributed by atoms with Crippen molar-refractivity contribution >= 4 is 11.6 Å². The first-order chi connectivity index (χ1) is 8.70. The minimum absolute atomic E-state index is 0.330. The largest absolute Gasteiger partial charge is 0.508 e. The van der Waals surface area contributed by atoms with Gasteiger partial charge in [0.15, 0.2) is 0 Å². The van der Waals surface area contributed by atoms with Crippen molar-refractivity contribution in [3.63, 3.8) is 0 Å². The molecule has 1 aromatic carbocycles. The molecule has 0 radical (unpaired) electrons. The molecule has 0 saturated carbocycles. The van der Waals surface area contributed by atoms with Crippen molar-refractivity contribution in [2.24, 2.45) is 5.73 Å². The number of nitrogens with two attached hydrogens (primary N) is 1. The van der Waals surface area contributed by atoms with Crippen LogP contribution in [0.25, 0.3) is 0 Å². The van der Waals surface area contributed by atoms with Gasteiger partial charge in [0.1, 0.15) is 5.75 Å². The fourth-order valence-electron chi connectivity index (χ4n) is 2.69. The zero-order chi connectivity index (χ0) is 13.0. The van der Waals surface area contributed by atoms with Crippen LogP contribution in [-0.2, 0) is 6.54 Å². The molecule has 2 rings (SSSR count). The molecule has 100 valence electrons. The quantitative estimate of drug-likeness (QED) is 0.883. The first kappa shape index (κ1) is 13.7. The maximum Gasteiger partial charge on any atom is 0.120 e. The summed E-state index contributed by atoms with van der Waals surface area (Å²) in [5, 5.41) is 10.5. The van der Waals surface area contributed by atoms with Gasteiger partial charge in [-0.25, -0.2) is 0 Å². The third-order valence-corrected chi connectivity index (χ3v) is 3.90. The van der Waals surface area contributed by atoms with Gasteiger partial charge in [0.25, 0.3) is 0 Å². The number of nitrogens with zero attached hydrogens (tertiary/aromatic N) is 1. The van der Waals surface area contributed by atoms with Crippen molar-refractivity contribution in [3.8, 4) is 5.75 Å². The molecule has 1 aliphatic rings. The monoisotopic (exact) mass is 268 g/mol. The van der Waals surface area contributed by atoms with E-state index in [-0.39, 0.29) is 0 Å². The summed E-state index contributed by atoms with van der Waals surface area (Å²) in [6.07, 6.45) is 4.74. The lowest BCUT2D eigenvalue weighted by molar-refractivity contribution is 0.133. The van der Waals surface area contributed by atoms with Crippen LogP contribution in [-0.4, -0.2) is 29.1 Å². The molecular weight excluding hydrogens is 248 g/mol. The second-order valence-corrected chi connectivity index (χ2v) is 5.41. The summed E-state index contributed by atoms with van der Waals surface area (Å²) in [6.45, 7) is 2.57. The van der Waals surface area contributed by atoms with Gasteiger partial charge in [-0.3, -0.25) is 4.90 Å². The van der Waals surface area contributed by atoms with Gasteiger partial charge in [0, 0.05) is 23.2 Å². The van der Waals surface area contributed by atoms with Gasteiger partial charge < -0.3 is 10.8 Å². The number of aromatic hydroxyl groups is 1. The first-order valence-electron chi connectivity index (χ1n) is 6.62. The van der Waals surface area contributed by atoms with E-state index >= 15 is 0 Å². The summed E-state index contributed by atoms with van der Waals surface area (Å²) < 4.78 is 0. The SMILES string of the molecule is NCCC1CCCCN1Cc1cc(Cl)ccc1O. The highest BCUT2D eigenvalue weighted by Gasteiger charge is 2.22. The Balaban J connectivity index is 2.08. The van der Waals surface area contributed by atoms with Crippen molar-refractivity contribution in [3.05, 3.63) is 28.8 Å². The Kier molecular flexibility index (Phi) is 4.87. The highest BCUT2D eigenvalue weighted by atomic mass is 35.5. The third-order valence-electron chi connectivity index (χ3n) is 3.66. The van der Waals surface area contributed by atoms with Crippen LogP contribution < -0.4 is 5.73 Å². The third kappa shape index (κ3) is 3.37. The number of rotatable bonds is 4. The lowest BCUT2D eigenvalue weighted by atomic mass is 9.98. The molecule has 0 aliphatic carbocycles. The normalized spacial score (nSPS) is 21.1. The van der Waals surface area contributed by atoms with Crippen LogP contribution in [0.3, 0.4) is 0 Å². The van der Waals surface area contributed by atoms with Crippen molar-refractivity contribution < 1.29 is 5.11 Å². The van der Waals surface area contributed by atoms with E-state index in [1.165, 1.54) is 19.3 Å². The molecule has 0 amide bonds. The van der Waals surface area contributed by atoms with E-state index < -0.39 is 0 Å². The Hall–Kier alpha value is -0.770. The van der Waals surface area contributed by atoms with Crippen molar-refractivity contribution in [2.75, 3.05) is 13.1 Å². The lowest BCUT2D eigenvalue weighted by Gasteiger charge is -2.35. The van der Waals surface area contributed by atoms with Gasteiger partial charge in [0.05, 0.1) is 0 Å². The summed E-state index contributed by atoms with van der Waals surface area (Å²) >= 11 is 5.98. The number of hydrogen-bond acceptors (Lipinski definition) is 3. The predicted molar refractivity (Wildman–Crippen MR) is 74.8 cm³/mol. The molecule has 18 heavy (non-hydrogen) atoms. The molecule has 1 fully saturated rings. The fraction of sp³-hybridized carbons (Fsp3) is 0.571. The van der Waals surface area contributed by atoms with E-state index in [9.17, 15) is 5.11 Å². The van der Waals surface area contributed by atoms with E-state index in [1.807, 2.05) is 6.07 Å². The molecule has 0 bridgehead atoms. The topological polar surface area (TPSA) is 49.5 Å². The van der Waals surface area contributed by atoms with E-state index in [1.54, 1.807) is 12.1 Å². The van der Waals surface area contributed by atoms with Crippen molar-refractivity contribution in [2.45, 2.75) is 38.3 Å². The Morgan fingerprint density at radius 2 is 2.22 bits per heavy atom. The van der Waals surface area contributed by atoms with Gasteiger partial charge >= 0.3 is 0 Å². The molecule has 3 N–H and O–H groups in total. The smallest absolute Gasteiger partial charge is 0.120 e. The van der Waals surface area contributed by atoms with Gasteiger partial charge in [0.2, 0.25) is 0 Å². The van der Waals surface area contributed by atoms with Gasteiger partial charge in [-0.15, -0.1) is 0 Å². The molecule has 1 saturated heterocycles. The second-order valence-electron chi connectivity index (χ2n) is 4.97. The summed E-state index contributed by atoms with van der Waals surface area (Å²) in [4.78, 5) is 2.42. The number of piperidine rings is 1. The Morgan fingerprint density at radius 1 is 1.39 bits per heavy atom. The van der Waals surface area contributed by atoms with E-state index in [0.717, 1.165) is 31.6 Å². The van der Waals surface area contributed by atoms with Crippen molar-refractivity contribution in [1.29, 1.82) is 0 Å². The van der Waals surface area contributed by atoms with Crippen LogP contribution in [0.5, 0.6) is 5.75 Å². The van der Waals surface area contributed by atoms with Crippen LogP contribution in [0.2, 0.25) is 5.02 Å². The highest BCUT2D eigenvalue weighted by Crippen LogP contribution is 2.27. The van der Waals surface area contributed by atoms with Crippen molar-refractivity contribution in [1.82, 2.24) is 4.90 Å². The highest BCUT2D eigenvalue weighted by molar-refractivity contribution is 6.30. The molecule has 0 spiro atoms. The average Bonchev–Trinajstić information content (AvgIpc) is 2.36. The number of halogens is 1. The maximum atomic E-state index is 9.87. The molecule has 1 atom stereocenters. The molecule has 1 unspecified atom stereocenters. The molecule has 4 heteroatoms. The number of phenolic OH excluding ortho intramolecular Hbond substituents is 1. The Bertz CT molecular complexity index is 395. The molecular formula is C14H21ClN2O. The summed E-state index contributed by atoms with van der Waals surface area (Å²) in [5.74, 6) is 0.330. The first-order valence-corrected chi connectivity index (χ1v) is 7.00. The minimum atomic E-state index is 0.330. The van der Waals surface area contributed by atoms with Gasteiger partial charge in [-0.05, 0) is 50.6 Å². The van der Waals surface area contributed by atoms with E-state index in [0.29, 0.717) is 16.8 Å². The molecule has 1 heterocycles. The molecule has 3 nitrogen and oxygen atoms in total. The fourth-order valence-corrected chi connectivity index (χ4v) is 2.88.